The van der Waals surface area contributed by atoms with Crippen LogP contribution in [0.25, 0.3) is 0 Å². The molecule has 0 aliphatic carbocycles. The van der Waals surface area contributed by atoms with Crippen molar-refractivity contribution in [3.8, 4) is 5.75 Å². The topological polar surface area (TPSA) is 82.2 Å². The van der Waals surface area contributed by atoms with Crippen LogP contribution in [0.5, 0.6) is 5.75 Å². The van der Waals surface area contributed by atoms with E-state index in [1.807, 2.05) is 61.2 Å². The van der Waals surface area contributed by atoms with Gasteiger partial charge in [-0.3, -0.25) is 14.4 Å². The molecule has 1 aliphatic rings. The van der Waals surface area contributed by atoms with Crippen LogP contribution in [0.3, 0.4) is 0 Å². The van der Waals surface area contributed by atoms with E-state index in [0.29, 0.717) is 55.3 Å². The number of ether oxygens (including phenoxy) is 1. The van der Waals surface area contributed by atoms with E-state index in [1.54, 1.807) is 42.3 Å². The van der Waals surface area contributed by atoms with Crippen LogP contribution < -0.4 is 15.0 Å². The minimum atomic E-state index is -0.264. The largest absolute Gasteiger partial charge is 0.497 e. The van der Waals surface area contributed by atoms with Crippen LogP contribution in [-0.2, 0) is 4.79 Å². The summed E-state index contributed by atoms with van der Waals surface area (Å²) in [4.78, 5) is 46.2. The first-order valence-electron chi connectivity index (χ1n) is 14.9. The summed E-state index contributed by atoms with van der Waals surface area (Å²) in [5.41, 5.74) is 3.45. The van der Waals surface area contributed by atoms with Crippen molar-refractivity contribution in [2.24, 2.45) is 0 Å². The van der Waals surface area contributed by atoms with Gasteiger partial charge in [0.25, 0.3) is 11.8 Å². The molecule has 3 amide bonds. The zero-order chi connectivity index (χ0) is 30.1. The Morgan fingerprint density at radius 2 is 1.60 bits per heavy atom. The van der Waals surface area contributed by atoms with Crippen LogP contribution >= 0.6 is 0 Å². The zero-order valence-electron chi connectivity index (χ0n) is 25.1. The lowest BCUT2D eigenvalue weighted by atomic mass is 9.95. The molecule has 0 aromatic heterocycles. The van der Waals surface area contributed by atoms with E-state index in [-0.39, 0.29) is 23.6 Å². The van der Waals surface area contributed by atoms with Crippen molar-refractivity contribution in [2.75, 3.05) is 56.6 Å². The third kappa shape index (κ3) is 7.11. The van der Waals surface area contributed by atoms with Gasteiger partial charge in [-0.05, 0) is 74.7 Å². The van der Waals surface area contributed by atoms with Gasteiger partial charge in [0.2, 0.25) is 5.91 Å². The second-order valence-corrected chi connectivity index (χ2v) is 10.4. The van der Waals surface area contributed by atoms with Gasteiger partial charge >= 0.3 is 0 Å². The van der Waals surface area contributed by atoms with Crippen LogP contribution in [0.2, 0.25) is 0 Å². The number of benzene rings is 3. The third-order valence-corrected chi connectivity index (χ3v) is 7.94. The number of hydrogen-bond donors (Lipinski definition) is 1. The second-order valence-electron chi connectivity index (χ2n) is 10.4. The first-order chi connectivity index (χ1) is 20.4. The van der Waals surface area contributed by atoms with E-state index in [4.69, 9.17) is 4.74 Å². The van der Waals surface area contributed by atoms with Crippen LogP contribution in [0.4, 0.5) is 11.4 Å². The molecule has 1 heterocycles. The average molecular weight is 571 g/mol. The Morgan fingerprint density at radius 3 is 2.24 bits per heavy atom. The number of rotatable bonds is 10. The number of anilines is 2. The van der Waals surface area contributed by atoms with E-state index in [2.05, 4.69) is 17.1 Å². The summed E-state index contributed by atoms with van der Waals surface area (Å²) >= 11 is 0. The molecule has 8 nitrogen and oxygen atoms in total. The SMILES string of the molecule is CC[C@H](C(=O)N1CCCN(c2ccc(NC(=O)c3ccc(OC)cc3)cc2C(=O)N(CC)CC)CC1)c1ccccc1. The molecule has 4 rings (SSSR count). The maximum absolute atomic E-state index is 13.7. The fourth-order valence-corrected chi connectivity index (χ4v) is 5.53. The average Bonchev–Trinajstić information content (AvgIpc) is 3.29. The van der Waals surface area contributed by atoms with Gasteiger partial charge in [-0.1, -0.05) is 37.3 Å². The predicted molar refractivity (Wildman–Crippen MR) is 168 cm³/mol. The summed E-state index contributed by atoms with van der Waals surface area (Å²) in [7, 11) is 1.58. The minimum absolute atomic E-state index is 0.0807. The van der Waals surface area contributed by atoms with Crippen molar-refractivity contribution in [1.29, 1.82) is 0 Å². The van der Waals surface area contributed by atoms with E-state index in [0.717, 1.165) is 30.6 Å². The molecule has 0 radical (unpaired) electrons. The van der Waals surface area contributed by atoms with Gasteiger partial charge < -0.3 is 24.8 Å². The van der Waals surface area contributed by atoms with Crippen molar-refractivity contribution in [3.05, 3.63) is 89.5 Å². The molecule has 0 bridgehead atoms. The molecule has 3 aromatic rings. The van der Waals surface area contributed by atoms with E-state index in [9.17, 15) is 14.4 Å². The van der Waals surface area contributed by atoms with Gasteiger partial charge in [0.15, 0.2) is 0 Å². The molecule has 1 N–H and O–H groups in total. The Bertz CT molecular complexity index is 1360. The van der Waals surface area contributed by atoms with Crippen molar-refractivity contribution in [2.45, 2.75) is 39.5 Å². The maximum atomic E-state index is 13.7. The molecule has 1 fully saturated rings. The molecule has 222 valence electrons. The van der Waals surface area contributed by atoms with Gasteiger partial charge in [-0.15, -0.1) is 0 Å². The molecular weight excluding hydrogens is 528 g/mol. The van der Waals surface area contributed by atoms with Crippen molar-refractivity contribution in [1.82, 2.24) is 9.80 Å². The summed E-state index contributed by atoms with van der Waals surface area (Å²) in [5.74, 6) is 0.320. The highest BCUT2D eigenvalue weighted by molar-refractivity contribution is 6.06. The van der Waals surface area contributed by atoms with Crippen LogP contribution in [-0.4, -0.2) is 73.9 Å². The summed E-state index contributed by atoms with van der Waals surface area (Å²) in [5, 5.41) is 2.94. The fourth-order valence-electron chi connectivity index (χ4n) is 5.53. The minimum Gasteiger partial charge on any atom is -0.497 e. The molecule has 3 aromatic carbocycles. The van der Waals surface area contributed by atoms with Crippen molar-refractivity contribution >= 4 is 29.1 Å². The number of carbonyl (C=O) groups is 3. The molecule has 1 atom stereocenters. The number of carbonyl (C=O) groups excluding carboxylic acids is 3. The van der Waals surface area contributed by atoms with Gasteiger partial charge in [-0.25, -0.2) is 0 Å². The summed E-state index contributed by atoms with van der Waals surface area (Å²) in [6.45, 7) is 9.74. The lowest BCUT2D eigenvalue weighted by Gasteiger charge is -2.29. The number of hydrogen-bond acceptors (Lipinski definition) is 5. The quantitative estimate of drug-likeness (QED) is 0.340. The summed E-state index contributed by atoms with van der Waals surface area (Å²) in [6, 6.07) is 22.4. The Balaban J connectivity index is 1.56. The first-order valence-corrected chi connectivity index (χ1v) is 14.9. The van der Waals surface area contributed by atoms with Gasteiger partial charge in [0, 0.05) is 56.2 Å². The van der Waals surface area contributed by atoms with E-state index >= 15 is 0 Å². The molecule has 0 spiro atoms. The smallest absolute Gasteiger partial charge is 0.256 e. The van der Waals surface area contributed by atoms with E-state index < -0.39 is 0 Å². The van der Waals surface area contributed by atoms with Crippen LogP contribution in [0.1, 0.15) is 65.8 Å². The number of nitrogens with one attached hydrogen (secondary N) is 1. The Kier molecular flexibility index (Phi) is 10.6. The molecule has 42 heavy (non-hydrogen) atoms. The van der Waals surface area contributed by atoms with E-state index in [1.165, 1.54) is 0 Å². The van der Waals surface area contributed by atoms with Crippen LogP contribution in [0.15, 0.2) is 72.8 Å². The molecule has 1 saturated heterocycles. The molecule has 1 aliphatic heterocycles. The second kappa shape index (κ2) is 14.5. The standard InChI is InChI=1S/C34H42N4O4/c1-5-29(25-12-9-8-10-13-25)33(40)38-21-11-20-37(22-23-38)31-19-16-27(24-30(31)34(41)36(6-2)7-3)35-32(39)26-14-17-28(42-4)18-15-26/h8-10,12-19,24,29H,5-7,11,20-23H2,1-4H3,(H,35,39)/t29-/m0/s1. The molecule has 0 saturated carbocycles. The number of methoxy groups -OCH3 is 1. The first kappa shape index (κ1) is 30.6. The van der Waals surface area contributed by atoms with Crippen LogP contribution in [0, 0.1) is 0 Å². The zero-order valence-corrected chi connectivity index (χ0v) is 25.1. The Hall–Kier alpha value is -4.33. The molecule has 0 unspecified atom stereocenters. The van der Waals surface area contributed by atoms with Gasteiger partial charge in [0.05, 0.1) is 18.6 Å². The van der Waals surface area contributed by atoms with Gasteiger partial charge in [0.1, 0.15) is 5.75 Å². The van der Waals surface area contributed by atoms with Gasteiger partial charge in [-0.2, -0.15) is 0 Å². The maximum Gasteiger partial charge on any atom is 0.256 e. The number of nitrogens with zero attached hydrogens (tertiary/aromatic N) is 3. The summed E-state index contributed by atoms with van der Waals surface area (Å²) < 4.78 is 5.19. The lowest BCUT2D eigenvalue weighted by molar-refractivity contribution is -0.132. The van der Waals surface area contributed by atoms with Crippen molar-refractivity contribution < 1.29 is 19.1 Å². The Morgan fingerprint density at radius 1 is 0.881 bits per heavy atom. The highest BCUT2D eigenvalue weighted by Gasteiger charge is 2.28. The molecular formula is C34H42N4O4. The monoisotopic (exact) mass is 570 g/mol. The highest BCUT2D eigenvalue weighted by Crippen LogP contribution is 2.29. The third-order valence-electron chi connectivity index (χ3n) is 7.94. The van der Waals surface area contributed by atoms with Crippen molar-refractivity contribution in [3.63, 3.8) is 0 Å². The predicted octanol–water partition coefficient (Wildman–Crippen LogP) is 5.66. The number of amides is 3. The fraction of sp³-hybridized carbons (Fsp3) is 0.382. The summed E-state index contributed by atoms with van der Waals surface area (Å²) in [6.07, 6.45) is 1.54. The lowest BCUT2D eigenvalue weighted by Crippen LogP contribution is -2.38. The Labute approximate surface area is 249 Å². The normalized spacial score (nSPS) is 14.1. The molecule has 8 heteroatoms. The highest BCUT2D eigenvalue weighted by atomic mass is 16.5.